The predicted molar refractivity (Wildman–Crippen MR) is 110 cm³/mol. The lowest BCUT2D eigenvalue weighted by molar-refractivity contribution is 0.0161. The lowest BCUT2D eigenvalue weighted by Crippen LogP contribution is -2.57. The third-order valence-electron chi connectivity index (χ3n) is 5.19. The summed E-state index contributed by atoms with van der Waals surface area (Å²) in [4.78, 5) is 3.56. The van der Waals surface area contributed by atoms with Gasteiger partial charge in [-0.05, 0) is 50.6 Å². The fourth-order valence-electron chi connectivity index (χ4n) is 2.85. The largest absolute Gasteiger partial charge is 0.487 e. The number of aryl methyl sites for hydroxylation is 1. The van der Waals surface area contributed by atoms with Crippen molar-refractivity contribution in [1.29, 1.82) is 0 Å². The highest BCUT2D eigenvalue weighted by molar-refractivity contribution is 7.85. The summed E-state index contributed by atoms with van der Waals surface area (Å²) in [6, 6.07) is 9.34. The van der Waals surface area contributed by atoms with Gasteiger partial charge in [0.15, 0.2) is 0 Å². The van der Waals surface area contributed by atoms with E-state index in [1.54, 1.807) is 18.2 Å². The van der Waals surface area contributed by atoms with Gasteiger partial charge in [-0.2, -0.15) is 12.8 Å². The highest BCUT2D eigenvalue weighted by Crippen LogP contribution is 2.33. The average Bonchev–Trinajstić information content (AvgIpc) is 2.61. The molecule has 1 aliphatic rings. The summed E-state index contributed by atoms with van der Waals surface area (Å²) in [5, 5.41) is 3.40. The molecule has 1 aliphatic heterocycles. The summed E-state index contributed by atoms with van der Waals surface area (Å²) in [5.41, 5.74) is 1.03. The summed E-state index contributed by atoms with van der Waals surface area (Å²) < 4.78 is 48.4. The topological polar surface area (TPSA) is 88.5 Å². The number of pyridine rings is 1. The summed E-state index contributed by atoms with van der Waals surface area (Å²) in [7, 11) is -4.02. The van der Waals surface area contributed by atoms with Crippen LogP contribution in [-0.4, -0.2) is 36.6 Å². The monoisotopic (exact) mass is 424 g/mol. The Morgan fingerprint density at radius 1 is 1.28 bits per heavy atom. The van der Waals surface area contributed by atoms with E-state index in [4.69, 9.17) is 9.29 Å². The van der Waals surface area contributed by atoms with E-state index in [0.717, 1.165) is 24.9 Å². The lowest BCUT2D eigenvalue weighted by Gasteiger charge is -2.43. The van der Waals surface area contributed by atoms with Crippen LogP contribution in [0.5, 0.6) is 5.75 Å². The number of nitrogens with zero attached hydrogens (tertiary/aromatic N) is 1. The molecule has 1 fully saturated rings. The van der Waals surface area contributed by atoms with Crippen LogP contribution in [0.3, 0.4) is 0 Å². The molecule has 3 rings (SSSR count). The molecule has 0 aliphatic carbocycles. The van der Waals surface area contributed by atoms with Crippen LogP contribution in [0.25, 0.3) is 0 Å². The van der Waals surface area contributed by atoms with Crippen LogP contribution in [0, 0.1) is 18.3 Å². The van der Waals surface area contributed by atoms with Crippen molar-refractivity contribution in [2.75, 3.05) is 6.54 Å². The SMILES string of the molecule is CCC(C)(C)C(Oc1ccc(F)nc1)[C@H]1CCN1.Cc1ccc(S(=O)(=O)O)cc1. The Hall–Kier alpha value is -2.03. The Balaban J connectivity index is 0.000000234. The third kappa shape index (κ3) is 6.76. The molecule has 2 heterocycles. The van der Waals surface area contributed by atoms with Crippen LogP contribution in [0.2, 0.25) is 0 Å². The molecule has 2 aromatic rings. The molecule has 0 saturated carbocycles. The number of benzene rings is 1. The second kappa shape index (κ2) is 9.65. The van der Waals surface area contributed by atoms with E-state index in [0.29, 0.717) is 11.8 Å². The van der Waals surface area contributed by atoms with Gasteiger partial charge >= 0.3 is 0 Å². The normalized spacial score (nSPS) is 17.5. The first kappa shape index (κ1) is 23.3. The van der Waals surface area contributed by atoms with Crippen molar-refractivity contribution in [3.8, 4) is 5.75 Å². The standard InChI is InChI=1S/C14H21FN2O.C7H8O3S/c1-4-14(2,3)13(11-7-8-16-11)18-10-5-6-12(15)17-9-10;1-6-2-4-7(5-3-6)11(8,9)10/h5-6,9,11,13,16H,4,7-8H2,1-3H3;2-5H,1H3,(H,8,9,10)/t11-,13?;/m1./s1. The summed E-state index contributed by atoms with van der Waals surface area (Å²) in [6.45, 7) is 9.46. The molecule has 160 valence electrons. The molecule has 0 spiro atoms. The molecule has 8 heteroatoms. The molecular formula is C21H29FN2O4S. The van der Waals surface area contributed by atoms with Crippen LogP contribution in [0.1, 0.15) is 39.2 Å². The molecule has 2 atom stereocenters. The number of rotatable bonds is 6. The zero-order valence-electron chi connectivity index (χ0n) is 17.2. The second-order valence-corrected chi connectivity index (χ2v) is 9.26. The van der Waals surface area contributed by atoms with Gasteiger partial charge in [-0.25, -0.2) is 4.98 Å². The molecule has 1 unspecified atom stereocenters. The molecule has 1 aromatic heterocycles. The Bertz CT molecular complexity index is 880. The first-order valence-corrected chi connectivity index (χ1v) is 11.0. The smallest absolute Gasteiger partial charge is 0.294 e. The fraction of sp³-hybridized carbons (Fsp3) is 0.476. The molecule has 1 saturated heterocycles. The molecule has 0 radical (unpaired) electrons. The third-order valence-corrected chi connectivity index (χ3v) is 6.06. The maximum Gasteiger partial charge on any atom is 0.294 e. The molecule has 2 N–H and O–H groups in total. The highest BCUT2D eigenvalue weighted by atomic mass is 32.2. The van der Waals surface area contributed by atoms with E-state index in [9.17, 15) is 12.8 Å². The maximum atomic E-state index is 12.8. The van der Waals surface area contributed by atoms with Crippen molar-refractivity contribution < 1.29 is 22.1 Å². The van der Waals surface area contributed by atoms with Gasteiger partial charge in [0.25, 0.3) is 10.1 Å². The van der Waals surface area contributed by atoms with Crippen LogP contribution in [0.15, 0.2) is 47.5 Å². The maximum absolute atomic E-state index is 12.8. The van der Waals surface area contributed by atoms with Gasteiger partial charge in [0.05, 0.1) is 11.1 Å². The number of aromatic nitrogens is 1. The molecule has 6 nitrogen and oxygen atoms in total. The fourth-order valence-corrected chi connectivity index (χ4v) is 3.33. The molecule has 29 heavy (non-hydrogen) atoms. The number of hydrogen-bond donors (Lipinski definition) is 2. The van der Waals surface area contributed by atoms with Gasteiger partial charge in [-0.1, -0.05) is 38.5 Å². The van der Waals surface area contributed by atoms with Crippen molar-refractivity contribution >= 4 is 10.1 Å². The van der Waals surface area contributed by atoms with E-state index in [1.165, 1.54) is 24.4 Å². The number of ether oxygens (including phenoxy) is 1. The minimum atomic E-state index is -4.02. The minimum Gasteiger partial charge on any atom is -0.487 e. The predicted octanol–water partition coefficient (Wildman–Crippen LogP) is 4.01. The van der Waals surface area contributed by atoms with Crippen molar-refractivity contribution in [3.63, 3.8) is 0 Å². The van der Waals surface area contributed by atoms with Crippen molar-refractivity contribution in [3.05, 3.63) is 54.1 Å². The summed E-state index contributed by atoms with van der Waals surface area (Å²) in [6.07, 6.45) is 3.70. The van der Waals surface area contributed by atoms with Crippen molar-refractivity contribution in [2.45, 2.75) is 57.6 Å². The first-order chi connectivity index (χ1) is 13.5. The second-order valence-electron chi connectivity index (χ2n) is 7.83. The van der Waals surface area contributed by atoms with Gasteiger partial charge in [-0.3, -0.25) is 4.55 Å². The Morgan fingerprint density at radius 2 is 1.90 bits per heavy atom. The molecule has 0 amide bonds. The average molecular weight is 425 g/mol. The molecule has 1 aromatic carbocycles. The van der Waals surface area contributed by atoms with E-state index in [2.05, 4.69) is 31.1 Å². The van der Waals surface area contributed by atoms with E-state index >= 15 is 0 Å². The van der Waals surface area contributed by atoms with Gasteiger partial charge in [0.1, 0.15) is 11.9 Å². The lowest BCUT2D eigenvalue weighted by atomic mass is 9.77. The minimum absolute atomic E-state index is 0.0666. The van der Waals surface area contributed by atoms with E-state index in [-0.39, 0.29) is 16.4 Å². The van der Waals surface area contributed by atoms with Gasteiger partial charge in [0.2, 0.25) is 5.95 Å². The Morgan fingerprint density at radius 3 is 2.31 bits per heavy atom. The van der Waals surface area contributed by atoms with Crippen LogP contribution in [0.4, 0.5) is 4.39 Å². The summed E-state index contributed by atoms with van der Waals surface area (Å²) in [5.74, 6) is 0.159. The van der Waals surface area contributed by atoms with Gasteiger partial charge in [-0.15, -0.1) is 0 Å². The van der Waals surface area contributed by atoms with Crippen molar-refractivity contribution in [2.24, 2.45) is 5.41 Å². The van der Waals surface area contributed by atoms with Crippen LogP contribution < -0.4 is 10.1 Å². The Labute approximate surface area is 172 Å². The van der Waals surface area contributed by atoms with Gasteiger partial charge < -0.3 is 10.1 Å². The zero-order chi connectivity index (χ0) is 21.7. The van der Waals surface area contributed by atoms with Gasteiger partial charge in [0, 0.05) is 11.5 Å². The Kier molecular flexibility index (Phi) is 7.73. The highest BCUT2D eigenvalue weighted by Gasteiger charge is 2.39. The van der Waals surface area contributed by atoms with E-state index < -0.39 is 16.1 Å². The van der Waals surface area contributed by atoms with Crippen LogP contribution >= 0.6 is 0 Å². The first-order valence-electron chi connectivity index (χ1n) is 9.58. The summed E-state index contributed by atoms with van der Waals surface area (Å²) >= 11 is 0. The molecular weight excluding hydrogens is 395 g/mol. The molecule has 0 bridgehead atoms. The van der Waals surface area contributed by atoms with E-state index in [1.807, 2.05) is 6.92 Å². The van der Waals surface area contributed by atoms with Crippen molar-refractivity contribution in [1.82, 2.24) is 10.3 Å². The van der Waals surface area contributed by atoms with Crippen LogP contribution in [-0.2, 0) is 10.1 Å². The number of hydrogen-bond acceptors (Lipinski definition) is 5. The number of halogens is 1. The number of nitrogens with one attached hydrogen (secondary N) is 1. The quantitative estimate of drug-likeness (QED) is 0.538. The zero-order valence-corrected chi connectivity index (χ0v) is 18.0.